The topological polar surface area (TPSA) is 49.3 Å². The lowest BCUT2D eigenvalue weighted by Gasteiger charge is -2.35. The normalized spacial score (nSPS) is 15.0. The molecule has 122 valence electrons. The van der Waals surface area contributed by atoms with Crippen LogP contribution < -0.4 is 4.90 Å². The molecule has 0 saturated carbocycles. The molecule has 24 heavy (non-hydrogen) atoms. The van der Waals surface area contributed by atoms with Crippen molar-refractivity contribution in [2.45, 2.75) is 0 Å². The third-order valence-electron chi connectivity index (χ3n) is 4.18. The average molecular weight is 403 g/mol. The fraction of sp³-hybridized carbons (Fsp3) is 0.235. The molecule has 7 heteroatoms. The molecule has 1 aromatic carbocycles. The van der Waals surface area contributed by atoms with Gasteiger partial charge in [-0.2, -0.15) is 0 Å². The molecule has 1 aliphatic rings. The largest absolute Gasteiger partial charge is 0.352 e. The van der Waals surface area contributed by atoms with Crippen LogP contribution in [0.2, 0.25) is 0 Å². The summed E-state index contributed by atoms with van der Waals surface area (Å²) >= 11 is 5.04. The minimum absolute atomic E-state index is 0.0827. The van der Waals surface area contributed by atoms with Crippen molar-refractivity contribution in [2.75, 3.05) is 31.1 Å². The van der Waals surface area contributed by atoms with E-state index < -0.39 is 0 Å². The van der Waals surface area contributed by atoms with Crippen molar-refractivity contribution < 1.29 is 4.79 Å². The number of anilines is 1. The highest BCUT2D eigenvalue weighted by Crippen LogP contribution is 2.27. The highest BCUT2D eigenvalue weighted by molar-refractivity contribution is 9.10. The first-order valence-corrected chi connectivity index (χ1v) is 9.37. The van der Waals surface area contributed by atoms with Gasteiger partial charge in [0, 0.05) is 36.2 Å². The van der Waals surface area contributed by atoms with E-state index in [0.29, 0.717) is 13.1 Å². The molecule has 1 amide bonds. The van der Waals surface area contributed by atoms with Gasteiger partial charge in [-0.15, -0.1) is 11.3 Å². The zero-order valence-electron chi connectivity index (χ0n) is 12.9. The number of piperazine rings is 1. The molecule has 3 aromatic rings. The number of hydrogen-bond acceptors (Lipinski definition) is 5. The first-order valence-electron chi connectivity index (χ1n) is 7.70. The Hall–Kier alpha value is -1.99. The Morgan fingerprint density at radius 1 is 1.12 bits per heavy atom. The van der Waals surface area contributed by atoms with Crippen LogP contribution in [-0.2, 0) is 0 Å². The molecular formula is C17H15BrN4OS. The number of carbonyl (C=O) groups is 1. The molecule has 0 aliphatic carbocycles. The van der Waals surface area contributed by atoms with Crippen LogP contribution in [0, 0.1) is 0 Å². The average Bonchev–Trinajstić information content (AvgIpc) is 3.10. The maximum atomic E-state index is 12.6. The SMILES string of the molecule is O=C(c1cccc(Br)c1)N1CCN(c2ncnc3sccc23)CC1. The number of fused-ring (bicyclic) bond motifs is 1. The summed E-state index contributed by atoms with van der Waals surface area (Å²) in [5, 5.41) is 3.13. The Bertz CT molecular complexity index is 889. The summed E-state index contributed by atoms with van der Waals surface area (Å²) < 4.78 is 0.924. The van der Waals surface area contributed by atoms with Crippen LogP contribution in [-0.4, -0.2) is 47.0 Å². The van der Waals surface area contributed by atoms with E-state index in [9.17, 15) is 4.79 Å². The minimum atomic E-state index is 0.0827. The van der Waals surface area contributed by atoms with Crippen molar-refractivity contribution >= 4 is 49.2 Å². The Morgan fingerprint density at radius 3 is 2.75 bits per heavy atom. The van der Waals surface area contributed by atoms with Crippen molar-refractivity contribution in [2.24, 2.45) is 0 Å². The fourth-order valence-corrected chi connectivity index (χ4v) is 4.08. The molecule has 2 aromatic heterocycles. The van der Waals surface area contributed by atoms with Gasteiger partial charge < -0.3 is 9.80 Å². The predicted octanol–water partition coefficient (Wildman–Crippen LogP) is 3.42. The smallest absolute Gasteiger partial charge is 0.254 e. The standard InChI is InChI=1S/C17H15BrN4OS/c18-13-3-1-2-12(10-13)17(23)22-7-5-21(6-8-22)15-14-4-9-24-16(14)20-11-19-15/h1-4,9-11H,5-8H2. The first-order chi connectivity index (χ1) is 11.7. The number of nitrogens with zero attached hydrogens (tertiary/aromatic N) is 4. The van der Waals surface area contributed by atoms with E-state index in [1.165, 1.54) is 0 Å². The number of rotatable bonds is 2. The molecule has 0 N–H and O–H groups in total. The van der Waals surface area contributed by atoms with E-state index in [4.69, 9.17) is 0 Å². The highest BCUT2D eigenvalue weighted by Gasteiger charge is 2.24. The zero-order valence-corrected chi connectivity index (χ0v) is 15.3. The quantitative estimate of drug-likeness (QED) is 0.658. The van der Waals surface area contributed by atoms with Crippen LogP contribution in [0.1, 0.15) is 10.4 Å². The minimum Gasteiger partial charge on any atom is -0.352 e. The van der Waals surface area contributed by atoms with Gasteiger partial charge >= 0.3 is 0 Å². The molecule has 0 radical (unpaired) electrons. The molecule has 0 atom stereocenters. The third kappa shape index (κ3) is 2.89. The Kier molecular flexibility index (Phi) is 4.20. The van der Waals surface area contributed by atoms with Gasteiger partial charge in [-0.3, -0.25) is 4.79 Å². The van der Waals surface area contributed by atoms with E-state index in [0.717, 1.165) is 39.2 Å². The second kappa shape index (κ2) is 6.49. The fourth-order valence-electron chi connectivity index (χ4n) is 2.95. The highest BCUT2D eigenvalue weighted by atomic mass is 79.9. The zero-order chi connectivity index (χ0) is 16.5. The number of hydrogen-bond donors (Lipinski definition) is 0. The van der Waals surface area contributed by atoms with E-state index in [1.807, 2.05) is 34.5 Å². The van der Waals surface area contributed by atoms with Gasteiger partial charge in [0.2, 0.25) is 0 Å². The first kappa shape index (κ1) is 15.5. The maximum Gasteiger partial charge on any atom is 0.254 e. The molecule has 0 bridgehead atoms. The molecule has 0 spiro atoms. The van der Waals surface area contributed by atoms with Crippen LogP contribution in [0.3, 0.4) is 0 Å². The van der Waals surface area contributed by atoms with E-state index in [2.05, 4.69) is 36.9 Å². The number of aromatic nitrogens is 2. The Balaban J connectivity index is 1.49. The second-order valence-electron chi connectivity index (χ2n) is 5.63. The lowest BCUT2D eigenvalue weighted by Crippen LogP contribution is -2.49. The number of carbonyl (C=O) groups excluding carboxylic acids is 1. The van der Waals surface area contributed by atoms with Gasteiger partial charge in [0.1, 0.15) is 17.0 Å². The van der Waals surface area contributed by atoms with E-state index in [1.54, 1.807) is 17.7 Å². The molecule has 3 heterocycles. The molecule has 0 unspecified atom stereocenters. The van der Waals surface area contributed by atoms with Gasteiger partial charge in [-0.1, -0.05) is 22.0 Å². The molecular weight excluding hydrogens is 388 g/mol. The lowest BCUT2D eigenvalue weighted by atomic mass is 10.2. The lowest BCUT2D eigenvalue weighted by molar-refractivity contribution is 0.0746. The molecule has 1 fully saturated rings. The predicted molar refractivity (Wildman–Crippen MR) is 99.7 cm³/mol. The van der Waals surface area contributed by atoms with Gasteiger partial charge in [0.25, 0.3) is 5.91 Å². The van der Waals surface area contributed by atoms with Crippen LogP contribution in [0.4, 0.5) is 5.82 Å². The van der Waals surface area contributed by atoms with Gasteiger partial charge in [0.15, 0.2) is 0 Å². The summed E-state index contributed by atoms with van der Waals surface area (Å²) in [6.07, 6.45) is 1.62. The summed E-state index contributed by atoms with van der Waals surface area (Å²) in [6, 6.07) is 9.61. The number of thiophene rings is 1. The number of halogens is 1. The number of benzene rings is 1. The molecule has 4 rings (SSSR count). The summed E-state index contributed by atoms with van der Waals surface area (Å²) in [5.74, 6) is 1.05. The molecule has 5 nitrogen and oxygen atoms in total. The van der Waals surface area contributed by atoms with Gasteiger partial charge in [-0.25, -0.2) is 9.97 Å². The Labute approximate surface area is 152 Å². The second-order valence-corrected chi connectivity index (χ2v) is 7.44. The van der Waals surface area contributed by atoms with Crippen molar-refractivity contribution in [3.63, 3.8) is 0 Å². The van der Waals surface area contributed by atoms with Crippen molar-refractivity contribution in [1.29, 1.82) is 0 Å². The monoisotopic (exact) mass is 402 g/mol. The summed E-state index contributed by atoms with van der Waals surface area (Å²) in [4.78, 5) is 26.5. The van der Waals surface area contributed by atoms with E-state index in [-0.39, 0.29) is 5.91 Å². The van der Waals surface area contributed by atoms with Crippen LogP contribution in [0.15, 0.2) is 46.5 Å². The van der Waals surface area contributed by atoms with Crippen molar-refractivity contribution in [1.82, 2.24) is 14.9 Å². The Morgan fingerprint density at radius 2 is 1.96 bits per heavy atom. The van der Waals surface area contributed by atoms with Crippen LogP contribution >= 0.6 is 27.3 Å². The van der Waals surface area contributed by atoms with Crippen molar-refractivity contribution in [3.8, 4) is 0 Å². The van der Waals surface area contributed by atoms with Gasteiger partial charge in [0.05, 0.1) is 5.39 Å². The van der Waals surface area contributed by atoms with Crippen LogP contribution in [0.25, 0.3) is 10.2 Å². The van der Waals surface area contributed by atoms with Crippen LogP contribution in [0.5, 0.6) is 0 Å². The van der Waals surface area contributed by atoms with Gasteiger partial charge in [-0.05, 0) is 29.6 Å². The van der Waals surface area contributed by atoms with Crippen molar-refractivity contribution in [3.05, 3.63) is 52.1 Å². The summed E-state index contributed by atoms with van der Waals surface area (Å²) in [5.41, 5.74) is 0.722. The third-order valence-corrected chi connectivity index (χ3v) is 5.49. The molecule has 1 aliphatic heterocycles. The summed E-state index contributed by atoms with van der Waals surface area (Å²) in [7, 11) is 0. The number of amides is 1. The maximum absolute atomic E-state index is 12.6. The van der Waals surface area contributed by atoms with E-state index >= 15 is 0 Å². The summed E-state index contributed by atoms with van der Waals surface area (Å²) in [6.45, 7) is 2.95. The molecule has 1 saturated heterocycles.